The molecule has 2 N–H and O–H groups in total. The molecule has 2 aromatic rings. The van der Waals surface area contributed by atoms with Crippen molar-refractivity contribution in [1.29, 1.82) is 0 Å². The van der Waals surface area contributed by atoms with Crippen LogP contribution in [-0.2, 0) is 0 Å². The van der Waals surface area contributed by atoms with E-state index in [0.29, 0.717) is 11.0 Å². The van der Waals surface area contributed by atoms with Gasteiger partial charge in [0.2, 0.25) is 0 Å². The van der Waals surface area contributed by atoms with Gasteiger partial charge in [-0.1, -0.05) is 11.6 Å². The topological polar surface area (TPSA) is 49.8 Å². The molecule has 1 aromatic carbocycles. The molecule has 3 rings (SSSR count). The van der Waals surface area contributed by atoms with E-state index in [2.05, 4.69) is 10.3 Å². The van der Waals surface area contributed by atoms with Crippen LogP contribution in [-0.4, -0.2) is 22.6 Å². The number of nitrogens with zero attached hydrogens (tertiary/aromatic N) is 1. The number of imidazole rings is 1. The number of piperidine rings is 1. The number of hydrogen-bond acceptors (Lipinski definition) is 2. The Balaban J connectivity index is 0.00000133. The summed E-state index contributed by atoms with van der Waals surface area (Å²) < 4.78 is 15.1. The van der Waals surface area contributed by atoms with Gasteiger partial charge >= 0.3 is 5.69 Å². The second kappa shape index (κ2) is 5.53. The van der Waals surface area contributed by atoms with Crippen LogP contribution in [0.15, 0.2) is 16.9 Å². The van der Waals surface area contributed by atoms with Crippen LogP contribution in [0.2, 0.25) is 5.02 Å². The molecule has 19 heavy (non-hydrogen) atoms. The third-order valence-electron chi connectivity index (χ3n) is 3.43. The zero-order chi connectivity index (χ0) is 12.7. The molecule has 1 fully saturated rings. The maximum Gasteiger partial charge on any atom is 0.326 e. The van der Waals surface area contributed by atoms with E-state index in [1.807, 2.05) is 0 Å². The first kappa shape index (κ1) is 14.4. The lowest BCUT2D eigenvalue weighted by molar-refractivity contribution is 0.368. The van der Waals surface area contributed by atoms with Crippen molar-refractivity contribution in [3.05, 3.63) is 33.5 Å². The normalized spacial score (nSPS) is 16.5. The molecular formula is C12H14Cl2FN3O. The summed E-state index contributed by atoms with van der Waals surface area (Å²) in [7, 11) is 0. The highest BCUT2D eigenvalue weighted by Gasteiger charge is 2.20. The van der Waals surface area contributed by atoms with E-state index in [4.69, 9.17) is 11.6 Å². The first-order valence-corrected chi connectivity index (χ1v) is 6.34. The monoisotopic (exact) mass is 305 g/mol. The predicted octanol–water partition coefficient (Wildman–Crippen LogP) is 2.47. The van der Waals surface area contributed by atoms with Gasteiger partial charge in [0, 0.05) is 12.1 Å². The predicted molar refractivity (Wildman–Crippen MR) is 75.9 cm³/mol. The molecule has 0 amide bonds. The van der Waals surface area contributed by atoms with E-state index in [0.717, 1.165) is 25.9 Å². The van der Waals surface area contributed by atoms with Crippen molar-refractivity contribution in [3.8, 4) is 0 Å². The highest BCUT2D eigenvalue weighted by atomic mass is 35.5. The van der Waals surface area contributed by atoms with Crippen molar-refractivity contribution in [3.63, 3.8) is 0 Å². The van der Waals surface area contributed by atoms with E-state index in [1.54, 1.807) is 4.57 Å². The molecule has 2 heterocycles. The largest absolute Gasteiger partial charge is 0.326 e. The second-order valence-electron chi connectivity index (χ2n) is 4.56. The van der Waals surface area contributed by atoms with Crippen molar-refractivity contribution in [2.24, 2.45) is 0 Å². The molecule has 1 aliphatic rings. The van der Waals surface area contributed by atoms with E-state index in [-0.39, 0.29) is 29.2 Å². The summed E-state index contributed by atoms with van der Waals surface area (Å²) in [5, 5.41) is 3.30. The number of H-pyrrole nitrogens is 1. The van der Waals surface area contributed by atoms with Crippen molar-refractivity contribution < 1.29 is 4.39 Å². The molecule has 0 radical (unpaired) electrons. The minimum atomic E-state index is -0.511. The van der Waals surface area contributed by atoms with Crippen LogP contribution < -0.4 is 11.0 Å². The Morgan fingerprint density at radius 2 is 2.00 bits per heavy atom. The first-order chi connectivity index (χ1) is 8.66. The fraction of sp³-hybridized carbons (Fsp3) is 0.417. The number of aromatic amines is 1. The molecule has 104 valence electrons. The average Bonchev–Trinajstić information content (AvgIpc) is 2.66. The van der Waals surface area contributed by atoms with Crippen LogP contribution >= 0.6 is 24.0 Å². The number of benzene rings is 1. The van der Waals surface area contributed by atoms with Crippen LogP contribution in [0.5, 0.6) is 0 Å². The lowest BCUT2D eigenvalue weighted by Gasteiger charge is -2.23. The number of fused-ring (bicyclic) bond motifs is 1. The Labute approximate surface area is 120 Å². The van der Waals surface area contributed by atoms with Gasteiger partial charge < -0.3 is 10.3 Å². The van der Waals surface area contributed by atoms with Crippen LogP contribution in [0, 0.1) is 5.82 Å². The fourth-order valence-electron chi connectivity index (χ4n) is 2.55. The van der Waals surface area contributed by atoms with Gasteiger partial charge in [-0.15, -0.1) is 12.4 Å². The second-order valence-corrected chi connectivity index (χ2v) is 4.97. The Hall–Kier alpha value is -1.04. The average molecular weight is 306 g/mol. The van der Waals surface area contributed by atoms with Crippen LogP contribution in [0.1, 0.15) is 18.9 Å². The maximum atomic E-state index is 13.4. The highest BCUT2D eigenvalue weighted by molar-refractivity contribution is 6.31. The number of aromatic nitrogens is 2. The molecule has 0 saturated carbocycles. The Bertz CT molecular complexity index is 646. The van der Waals surface area contributed by atoms with Crippen molar-refractivity contribution in [2.45, 2.75) is 18.9 Å². The van der Waals surface area contributed by atoms with E-state index in [1.165, 1.54) is 12.1 Å². The minimum Gasteiger partial charge on any atom is -0.317 e. The molecule has 1 aliphatic heterocycles. The van der Waals surface area contributed by atoms with E-state index < -0.39 is 5.82 Å². The van der Waals surface area contributed by atoms with Gasteiger partial charge in [0.1, 0.15) is 5.82 Å². The third-order valence-corrected chi connectivity index (χ3v) is 3.72. The zero-order valence-electron chi connectivity index (χ0n) is 10.1. The van der Waals surface area contributed by atoms with Crippen LogP contribution in [0.25, 0.3) is 11.0 Å². The highest BCUT2D eigenvalue weighted by Crippen LogP contribution is 2.25. The number of hydrogen-bond donors (Lipinski definition) is 2. The molecular weight excluding hydrogens is 292 g/mol. The summed E-state index contributed by atoms with van der Waals surface area (Å²) in [6.07, 6.45) is 1.78. The van der Waals surface area contributed by atoms with Crippen LogP contribution in [0.3, 0.4) is 0 Å². The van der Waals surface area contributed by atoms with Gasteiger partial charge in [0.25, 0.3) is 0 Å². The van der Waals surface area contributed by atoms with Gasteiger partial charge in [-0.2, -0.15) is 0 Å². The van der Waals surface area contributed by atoms with Crippen molar-refractivity contribution in [1.82, 2.24) is 14.9 Å². The van der Waals surface area contributed by atoms with Gasteiger partial charge in [-0.05, 0) is 32.0 Å². The lowest BCUT2D eigenvalue weighted by atomic mass is 10.1. The number of nitrogens with one attached hydrogen (secondary N) is 2. The van der Waals surface area contributed by atoms with Crippen molar-refractivity contribution in [2.75, 3.05) is 13.1 Å². The maximum absolute atomic E-state index is 13.4. The SMILES string of the molecule is Cl.O=c1[nH]c2cc(F)c(Cl)cc2n1C1CCNCC1. The summed E-state index contributed by atoms with van der Waals surface area (Å²) in [6, 6.07) is 2.94. The quantitative estimate of drug-likeness (QED) is 0.850. The number of rotatable bonds is 1. The Morgan fingerprint density at radius 3 is 2.68 bits per heavy atom. The van der Waals surface area contributed by atoms with Gasteiger partial charge in [0.15, 0.2) is 0 Å². The molecule has 0 bridgehead atoms. The van der Waals surface area contributed by atoms with Crippen molar-refractivity contribution >= 4 is 35.0 Å². The molecule has 0 spiro atoms. The van der Waals surface area contributed by atoms with Crippen LogP contribution in [0.4, 0.5) is 4.39 Å². The fourth-order valence-corrected chi connectivity index (χ4v) is 2.71. The van der Waals surface area contributed by atoms with Gasteiger partial charge in [0.05, 0.1) is 16.1 Å². The van der Waals surface area contributed by atoms with Gasteiger partial charge in [-0.25, -0.2) is 9.18 Å². The number of halogens is 3. The summed E-state index contributed by atoms with van der Waals surface area (Å²) in [5.74, 6) is -0.511. The first-order valence-electron chi connectivity index (χ1n) is 5.97. The zero-order valence-corrected chi connectivity index (χ0v) is 11.7. The van der Waals surface area contributed by atoms with Gasteiger partial charge in [-0.3, -0.25) is 4.57 Å². The summed E-state index contributed by atoms with van der Waals surface area (Å²) in [5.41, 5.74) is 0.984. The Morgan fingerprint density at radius 1 is 1.32 bits per heavy atom. The van der Waals surface area contributed by atoms with E-state index >= 15 is 0 Å². The molecule has 1 saturated heterocycles. The molecule has 0 aliphatic carbocycles. The molecule has 7 heteroatoms. The summed E-state index contributed by atoms with van der Waals surface area (Å²) in [4.78, 5) is 14.7. The molecule has 4 nitrogen and oxygen atoms in total. The Kier molecular flexibility index (Phi) is 4.18. The third kappa shape index (κ3) is 2.50. The molecule has 0 unspecified atom stereocenters. The molecule has 1 aromatic heterocycles. The standard InChI is InChI=1S/C12H13ClFN3O.ClH/c13-8-5-11-10(6-9(8)14)16-12(18)17(11)7-1-3-15-4-2-7;/h5-7,15H,1-4H2,(H,16,18);1H. The summed E-state index contributed by atoms with van der Waals surface area (Å²) >= 11 is 5.79. The lowest BCUT2D eigenvalue weighted by Crippen LogP contribution is -2.33. The van der Waals surface area contributed by atoms with E-state index in [9.17, 15) is 9.18 Å². The minimum absolute atomic E-state index is 0. The summed E-state index contributed by atoms with van der Waals surface area (Å²) in [6.45, 7) is 1.78. The molecule has 0 atom stereocenters. The smallest absolute Gasteiger partial charge is 0.317 e.